The van der Waals surface area contributed by atoms with Crippen LogP contribution in [0.4, 0.5) is 0 Å². The van der Waals surface area contributed by atoms with Crippen LogP contribution >= 0.6 is 0 Å². The summed E-state index contributed by atoms with van der Waals surface area (Å²) in [6.45, 7) is 4.23. The van der Waals surface area contributed by atoms with Crippen molar-refractivity contribution in [3.05, 3.63) is 30.3 Å². The highest BCUT2D eigenvalue weighted by atomic mass is 32.2. The molecule has 0 radical (unpaired) electrons. The van der Waals surface area contributed by atoms with Crippen LogP contribution in [0.25, 0.3) is 0 Å². The van der Waals surface area contributed by atoms with E-state index in [0.717, 1.165) is 13.0 Å². The quantitative estimate of drug-likeness (QED) is 0.797. The van der Waals surface area contributed by atoms with E-state index in [1.807, 2.05) is 30.3 Å². The van der Waals surface area contributed by atoms with Gasteiger partial charge in [-0.05, 0) is 25.6 Å². The summed E-state index contributed by atoms with van der Waals surface area (Å²) in [6, 6.07) is 9.61. The van der Waals surface area contributed by atoms with Crippen molar-refractivity contribution in [3.63, 3.8) is 0 Å². The number of nitrogens with zero attached hydrogens (tertiary/aromatic N) is 2. The van der Waals surface area contributed by atoms with Crippen molar-refractivity contribution in [2.75, 3.05) is 39.0 Å². The van der Waals surface area contributed by atoms with Gasteiger partial charge >= 0.3 is 0 Å². The lowest BCUT2D eigenvalue weighted by Crippen LogP contribution is -2.53. The molecule has 1 aliphatic heterocycles. The monoisotopic (exact) mass is 312 g/mol. The average Bonchev–Trinajstić information content (AvgIpc) is 2.48. The third-order valence-electron chi connectivity index (χ3n) is 3.96. The summed E-state index contributed by atoms with van der Waals surface area (Å²) in [6.07, 6.45) is 0.961. The van der Waals surface area contributed by atoms with Gasteiger partial charge in [-0.15, -0.1) is 0 Å². The zero-order chi connectivity index (χ0) is 15.3. The second-order valence-electron chi connectivity index (χ2n) is 5.38. The van der Waals surface area contributed by atoms with E-state index in [4.69, 9.17) is 4.74 Å². The van der Waals surface area contributed by atoms with Crippen LogP contribution < -0.4 is 4.74 Å². The molecule has 0 amide bonds. The summed E-state index contributed by atoms with van der Waals surface area (Å²) in [5, 5.41) is 0. The maximum atomic E-state index is 12.4. The highest BCUT2D eigenvalue weighted by Gasteiger charge is 2.30. The van der Waals surface area contributed by atoms with Crippen LogP contribution in [-0.4, -0.2) is 62.7 Å². The molecule has 21 heavy (non-hydrogen) atoms. The highest BCUT2D eigenvalue weighted by Crippen LogP contribution is 2.15. The topological polar surface area (TPSA) is 49.9 Å². The number of hydrogen-bond donors (Lipinski definition) is 0. The van der Waals surface area contributed by atoms with Crippen molar-refractivity contribution < 1.29 is 13.2 Å². The van der Waals surface area contributed by atoms with Crippen LogP contribution in [0.3, 0.4) is 0 Å². The normalized spacial score (nSPS) is 21.3. The molecular weight excluding hydrogens is 288 g/mol. The standard InChI is InChI=1S/C15H24N2O3S/c1-3-14-13-17(10-9-16(14)2)21(18,19)12-11-20-15-7-5-4-6-8-15/h4-8,14H,3,9-13H2,1-2H3/t14-/m1/s1. The van der Waals surface area contributed by atoms with E-state index in [2.05, 4.69) is 18.9 Å². The summed E-state index contributed by atoms with van der Waals surface area (Å²) in [7, 11) is -1.19. The lowest BCUT2D eigenvalue weighted by atomic mass is 10.1. The molecule has 0 unspecified atom stereocenters. The molecule has 5 nitrogen and oxygen atoms in total. The Morgan fingerprint density at radius 1 is 1.24 bits per heavy atom. The summed E-state index contributed by atoms with van der Waals surface area (Å²) in [5.74, 6) is 0.736. The van der Waals surface area contributed by atoms with E-state index < -0.39 is 10.0 Å². The first-order valence-electron chi connectivity index (χ1n) is 7.39. The van der Waals surface area contributed by atoms with Gasteiger partial charge in [-0.2, -0.15) is 4.31 Å². The van der Waals surface area contributed by atoms with Crippen LogP contribution in [0.1, 0.15) is 13.3 Å². The molecule has 6 heteroatoms. The van der Waals surface area contributed by atoms with Gasteiger partial charge in [-0.3, -0.25) is 0 Å². The molecule has 2 rings (SSSR count). The number of rotatable bonds is 6. The van der Waals surface area contributed by atoms with Crippen molar-refractivity contribution in [1.82, 2.24) is 9.21 Å². The zero-order valence-electron chi connectivity index (χ0n) is 12.7. The Hall–Kier alpha value is -1.11. The summed E-state index contributed by atoms with van der Waals surface area (Å²) >= 11 is 0. The predicted octanol–water partition coefficient (Wildman–Crippen LogP) is 1.42. The third-order valence-corrected chi connectivity index (χ3v) is 5.76. The Morgan fingerprint density at radius 3 is 2.62 bits per heavy atom. The minimum absolute atomic E-state index is 0.0298. The number of sulfonamides is 1. The molecule has 1 atom stereocenters. The molecule has 1 saturated heterocycles. The first-order chi connectivity index (χ1) is 10.0. The van der Waals surface area contributed by atoms with Crippen LogP contribution in [0.2, 0.25) is 0 Å². The number of para-hydroxylation sites is 1. The molecule has 118 valence electrons. The van der Waals surface area contributed by atoms with E-state index in [1.165, 1.54) is 0 Å². The lowest BCUT2D eigenvalue weighted by molar-refractivity contribution is 0.143. The highest BCUT2D eigenvalue weighted by molar-refractivity contribution is 7.89. The first-order valence-corrected chi connectivity index (χ1v) is 8.99. The van der Waals surface area contributed by atoms with Crippen molar-refractivity contribution in [3.8, 4) is 5.75 Å². The van der Waals surface area contributed by atoms with Crippen LogP contribution in [0, 0.1) is 0 Å². The van der Waals surface area contributed by atoms with E-state index in [9.17, 15) is 8.42 Å². The molecule has 0 spiro atoms. The molecule has 1 aliphatic rings. The Bertz CT molecular complexity index is 533. The van der Waals surface area contributed by atoms with Gasteiger partial charge in [0.2, 0.25) is 10.0 Å². The largest absolute Gasteiger partial charge is 0.492 e. The smallest absolute Gasteiger partial charge is 0.217 e. The Kier molecular flexibility index (Phi) is 5.61. The van der Waals surface area contributed by atoms with Crippen LogP contribution in [0.5, 0.6) is 5.75 Å². The SMILES string of the molecule is CC[C@@H]1CN(S(=O)(=O)CCOc2ccccc2)CCN1C. The van der Waals surface area contributed by atoms with E-state index >= 15 is 0 Å². The third kappa shape index (κ3) is 4.43. The Balaban J connectivity index is 1.87. The second kappa shape index (κ2) is 7.24. The molecule has 0 aromatic heterocycles. The van der Waals surface area contributed by atoms with E-state index in [0.29, 0.717) is 24.9 Å². The van der Waals surface area contributed by atoms with Gasteiger partial charge in [0.15, 0.2) is 0 Å². The van der Waals surface area contributed by atoms with Gasteiger partial charge in [0, 0.05) is 25.7 Å². The molecule has 0 bridgehead atoms. The molecule has 0 N–H and O–H groups in total. The zero-order valence-corrected chi connectivity index (χ0v) is 13.6. The van der Waals surface area contributed by atoms with Gasteiger partial charge < -0.3 is 9.64 Å². The van der Waals surface area contributed by atoms with Gasteiger partial charge in [-0.1, -0.05) is 25.1 Å². The minimum atomic E-state index is -3.24. The number of piperazine rings is 1. The summed E-state index contributed by atoms with van der Waals surface area (Å²) in [4.78, 5) is 2.23. The van der Waals surface area contributed by atoms with Crippen molar-refractivity contribution in [2.45, 2.75) is 19.4 Å². The maximum absolute atomic E-state index is 12.4. The Morgan fingerprint density at radius 2 is 1.95 bits per heavy atom. The number of hydrogen-bond acceptors (Lipinski definition) is 4. The lowest BCUT2D eigenvalue weighted by Gasteiger charge is -2.38. The average molecular weight is 312 g/mol. The van der Waals surface area contributed by atoms with Crippen LogP contribution in [-0.2, 0) is 10.0 Å². The second-order valence-corrected chi connectivity index (χ2v) is 7.47. The van der Waals surface area contributed by atoms with E-state index in [-0.39, 0.29) is 12.4 Å². The van der Waals surface area contributed by atoms with Crippen molar-refractivity contribution >= 4 is 10.0 Å². The van der Waals surface area contributed by atoms with E-state index in [1.54, 1.807) is 4.31 Å². The molecular formula is C15H24N2O3S. The number of likely N-dealkylation sites (N-methyl/N-ethyl adjacent to an activating group) is 1. The van der Waals surface area contributed by atoms with Gasteiger partial charge in [0.05, 0.1) is 5.75 Å². The minimum Gasteiger partial charge on any atom is -0.492 e. The van der Waals surface area contributed by atoms with Crippen molar-refractivity contribution in [1.29, 1.82) is 0 Å². The fourth-order valence-corrected chi connectivity index (χ4v) is 3.83. The van der Waals surface area contributed by atoms with Gasteiger partial charge in [0.25, 0.3) is 0 Å². The molecule has 1 heterocycles. The van der Waals surface area contributed by atoms with Gasteiger partial charge in [0.1, 0.15) is 12.4 Å². The first kappa shape index (κ1) is 16.3. The summed E-state index contributed by atoms with van der Waals surface area (Å²) < 4.78 is 31.8. The molecule has 0 saturated carbocycles. The fraction of sp³-hybridized carbons (Fsp3) is 0.600. The van der Waals surface area contributed by atoms with Crippen LogP contribution in [0.15, 0.2) is 30.3 Å². The number of ether oxygens (including phenoxy) is 1. The molecule has 0 aliphatic carbocycles. The Labute approximate surface area is 127 Å². The van der Waals surface area contributed by atoms with Gasteiger partial charge in [-0.25, -0.2) is 8.42 Å². The summed E-state index contributed by atoms with van der Waals surface area (Å²) in [5.41, 5.74) is 0. The molecule has 1 aromatic carbocycles. The predicted molar refractivity (Wildman–Crippen MR) is 84.0 cm³/mol. The fourth-order valence-electron chi connectivity index (χ4n) is 2.52. The van der Waals surface area contributed by atoms with Crippen molar-refractivity contribution in [2.24, 2.45) is 0 Å². The number of benzene rings is 1. The maximum Gasteiger partial charge on any atom is 0.217 e. The molecule has 1 fully saturated rings. The molecule has 1 aromatic rings.